The molecule has 78 valence electrons. The molecule has 1 N–H and O–H groups in total. The number of rotatable bonds is 3. The van der Waals surface area contributed by atoms with Crippen LogP contribution >= 0.6 is 0 Å². The molecule has 0 saturated heterocycles. The van der Waals surface area contributed by atoms with Gasteiger partial charge in [0.1, 0.15) is 5.75 Å². The van der Waals surface area contributed by atoms with E-state index in [1.165, 1.54) is 0 Å². The van der Waals surface area contributed by atoms with E-state index in [9.17, 15) is 4.79 Å². The Balaban J connectivity index is 2.41. The van der Waals surface area contributed by atoms with Crippen LogP contribution in [0.1, 0.15) is 5.69 Å². The molecule has 0 spiro atoms. The van der Waals surface area contributed by atoms with Gasteiger partial charge < -0.3 is 14.4 Å². The molecule has 0 saturated carbocycles. The minimum Gasteiger partial charge on any atom is -0.481 e. The highest BCUT2D eigenvalue weighted by atomic mass is 16.5. The molecule has 15 heavy (non-hydrogen) atoms. The van der Waals surface area contributed by atoms with E-state index in [4.69, 9.17) is 14.4 Å². The van der Waals surface area contributed by atoms with Crippen molar-refractivity contribution < 1.29 is 19.2 Å². The maximum atomic E-state index is 10.4. The Kier molecular flexibility index (Phi) is 2.29. The molecule has 1 aromatic carbocycles. The van der Waals surface area contributed by atoms with Crippen LogP contribution in [0.5, 0.6) is 5.75 Å². The average molecular weight is 207 g/mol. The van der Waals surface area contributed by atoms with E-state index in [2.05, 4.69) is 5.16 Å². The smallest absolute Gasteiger partial charge is 0.341 e. The van der Waals surface area contributed by atoms with Crippen LogP contribution in [0, 0.1) is 6.92 Å². The maximum Gasteiger partial charge on any atom is 0.341 e. The first-order chi connectivity index (χ1) is 7.18. The summed E-state index contributed by atoms with van der Waals surface area (Å²) < 4.78 is 10.1. The molecule has 0 bridgehead atoms. The van der Waals surface area contributed by atoms with E-state index < -0.39 is 5.97 Å². The average Bonchev–Trinajstić information content (AvgIpc) is 2.58. The second-order valence-corrected chi connectivity index (χ2v) is 3.08. The Hall–Kier alpha value is -2.04. The Morgan fingerprint density at radius 1 is 1.60 bits per heavy atom. The van der Waals surface area contributed by atoms with Gasteiger partial charge in [-0.3, -0.25) is 0 Å². The molecular formula is C10H9NO4. The highest BCUT2D eigenvalue weighted by Gasteiger charge is 2.10. The lowest BCUT2D eigenvalue weighted by atomic mass is 10.2. The quantitative estimate of drug-likeness (QED) is 0.827. The molecule has 0 unspecified atom stereocenters. The van der Waals surface area contributed by atoms with Crippen molar-refractivity contribution in [3.63, 3.8) is 0 Å². The van der Waals surface area contributed by atoms with Crippen LogP contribution in [0.3, 0.4) is 0 Å². The first-order valence-corrected chi connectivity index (χ1v) is 4.38. The fourth-order valence-electron chi connectivity index (χ4n) is 1.37. The molecule has 0 aliphatic carbocycles. The van der Waals surface area contributed by atoms with Crippen molar-refractivity contribution in [2.45, 2.75) is 6.92 Å². The standard InChI is InChI=1S/C10H9NO4/c1-6-10-7(14-5-9(12)13)3-2-4-8(10)15-11-6/h2-4H,5H2,1H3,(H,12,13). The number of nitrogens with zero attached hydrogens (tertiary/aromatic N) is 1. The first-order valence-electron chi connectivity index (χ1n) is 4.38. The van der Waals surface area contributed by atoms with Gasteiger partial charge in [-0.1, -0.05) is 11.2 Å². The SMILES string of the molecule is Cc1noc2cccc(OCC(=O)O)c12. The lowest BCUT2D eigenvalue weighted by molar-refractivity contribution is -0.139. The van der Waals surface area contributed by atoms with Crippen molar-refractivity contribution in [2.75, 3.05) is 6.61 Å². The van der Waals surface area contributed by atoms with Crippen LogP contribution in [0.2, 0.25) is 0 Å². The van der Waals surface area contributed by atoms with Gasteiger partial charge in [-0.05, 0) is 19.1 Å². The summed E-state index contributed by atoms with van der Waals surface area (Å²) in [6.07, 6.45) is 0. The Bertz CT molecular complexity index is 503. The Morgan fingerprint density at radius 2 is 2.40 bits per heavy atom. The normalized spacial score (nSPS) is 10.5. The van der Waals surface area contributed by atoms with Crippen molar-refractivity contribution >= 4 is 16.9 Å². The number of aryl methyl sites for hydroxylation is 1. The van der Waals surface area contributed by atoms with Gasteiger partial charge in [0.2, 0.25) is 0 Å². The third kappa shape index (κ3) is 1.76. The molecule has 2 rings (SSSR count). The van der Waals surface area contributed by atoms with Crippen LogP contribution in [-0.2, 0) is 4.79 Å². The summed E-state index contributed by atoms with van der Waals surface area (Å²) in [5.41, 5.74) is 1.28. The van der Waals surface area contributed by atoms with Crippen molar-refractivity contribution in [3.8, 4) is 5.75 Å². The molecule has 0 amide bonds. The van der Waals surface area contributed by atoms with Gasteiger partial charge in [-0.25, -0.2) is 4.79 Å². The second-order valence-electron chi connectivity index (χ2n) is 3.08. The Morgan fingerprint density at radius 3 is 3.13 bits per heavy atom. The zero-order valence-corrected chi connectivity index (χ0v) is 8.06. The number of fused-ring (bicyclic) bond motifs is 1. The largest absolute Gasteiger partial charge is 0.481 e. The van der Waals surface area contributed by atoms with E-state index in [0.29, 0.717) is 17.0 Å². The minimum absolute atomic E-state index is 0.371. The van der Waals surface area contributed by atoms with E-state index in [-0.39, 0.29) is 6.61 Å². The molecule has 1 heterocycles. The van der Waals surface area contributed by atoms with Gasteiger partial charge in [0.05, 0.1) is 11.1 Å². The zero-order valence-electron chi connectivity index (χ0n) is 8.06. The number of benzene rings is 1. The minimum atomic E-state index is -1.01. The van der Waals surface area contributed by atoms with E-state index in [1.807, 2.05) is 0 Å². The maximum absolute atomic E-state index is 10.4. The third-order valence-corrected chi connectivity index (χ3v) is 1.98. The molecule has 5 heteroatoms. The molecule has 2 aromatic rings. The van der Waals surface area contributed by atoms with Crippen molar-refractivity contribution in [2.24, 2.45) is 0 Å². The summed E-state index contributed by atoms with van der Waals surface area (Å²) in [5.74, 6) is -0.533. The van der Waals surface area contributed by atoms with Crippen LogP contribution in [-0.4, -0.2) is 22.8 Å². The molecule has 5 nitrogen and oxygen atoms in total. The highest BCUT2D eigenvalue weighted by Crippen LogP contribution is 2.28. The van der Waals surface area contributed by atoms with Gasteiger partial charge in [-0.15, -0.1) is 0 Å². The monoisotopic (exact) mass is 207 g/mol. The first kappa shape index (κ1) is 9.51. The fourth-order valence-corrected chi connectivity index (χ4v) is 1.37. The number of carbonyl (C=O) groups is 1. The molecule has 0 aliphatic rings. The summed E-state index contributed by atoms with van der Waals surface area (Å²) in [6.45, 7) is 1.41. The second kappa shape index (κ2) is 3.61. The molecular weight excluding hydrogens is 198 g/mol. The lowest BCUT2D eigenvalue weighted by Crippen LogP contribution is -2.09. The lowest BCUT2D eigenvalue weighted by Gasteiger charge is -2.03. The number of hydrogen-bond acceptors (Lipinski definition) is 4. The summed E-state index contributed by atoms with van der Waals surface area (Å²) in [5, 5.41) is 13.0. The summed E-state index contributed by atoms with van der Waals surface area (Å²) in [6, 6.07) is 5.17. The third-order valence-electron chi connectivity index (χ3n) is 1.98. The van der Waals surface area contributed by atoms with Crippen LogP contribution in [0.15, 0.2) is 22.7 Å². The zero-order chi connectivity index (χ0) is 10.8. The Labute approximate surface area is 85.2 Å². The number of aliphatic carboxylic acids is 1. The molecule has 0 atom stereocenters. The van der Waals surface area contributed by atoms with Crippen molar-refractivity contribution in [3.05, 3.63) is 23.9 Å². The van der Waals surface area contributed by atoms with E-state index in [0.717, 1.165) is 5.39 Å². The van der Waals surface area contributed by atoms with Crippen LogP contribution in [0.25, 0.3) is 11.0 Å². The molecule has 0 radical (unpaired) electrons. The molecule has 0 aliphatic heterocycles. The van der Waals surface area contributed by atoms with E-state index >= 15 is 0 Å². The van der Waals surface area contributed by atoms with Crippen LogP contribution in [0.4, 0.5) is 0 Å². The van der Waals surface area contributed by atoms with Gasteiger partial charge in [-0.2, -0.15) is 0 Å². The number of ether oxygens (including phenoxy) is 1. The topological polar surface area (TPSA) is 72.6 Å². The van der Waals surface area contributed by atoms with E-state index in [1.54, 1.807) is 25.1 Å². The summed E-state index contributed by atoms with van der Waals surface area (Å²) >= 11 is 0. The molecule has 1 aromatic heterocycles. The summed E-state index contributed by atoms with van der Waals surface area (Å²) in [7, 11) is 0. The van der Waals surface area contributed by atoms with Crippen molar-refractivity contribution in [1.29, 1.82) is 0 Å². The van der Waals surface area contributed by atoms with Crippen LogP contribution < -0.4 is 4.74 Å². The predicted molar refractivity (Wildman–Crippen MR) is 51.9 cm³/mol. The fraction of sp³-hybridized carbons (Fsp3) is 0.200. The molecule has 0 fully saturated rings. The van der Waals surface area contributed by atoms with Gasteiger partial charge in [0, 0.05) is 0 Å². The number of carboxylic acid groups (broad SMARTS) is 1. The van der Waals surface area contributed by atoms with Gasteiger partial charge in [0.15, 0.2) is 12.2 Å². The van der Waals surface area contributed by atoms with Gasteiger partial charge >= 0.3 is 5.97 Å². The summed E-state index contributed by atoms with van der Waals surface area (Å²) in [4.78, 5) is 10.4. The number of carboxylic acids is 1. The highest BCUT2D eigenvalue weighted by molar-refractivity contribution is 5.86. The number of hydrogen-bond donors (Lipinski definition) is 1. The van der Waals surface area contributed by atoms with Crippen molar-refractivity contribution in [1.82, 2.24) is 5.16 Å². The predicted octanol–water partition coefficient (Wildman–Crippen LogP) is 1.60. The number of aromatic nitrogens is 1. The van der Waals surface area contributed by atoms with Gasteiger partial charge in [0.25, 0.3) is 0 Å².